The van der Waals surface area contributed by atoms with Gasteiger partial charge < -0.3 is 4.12 Å². The van der Waals surface area contributed by atoms with Crippen LogP contribution in [-0.2, 0) is 4.12 Å². The Morgan fingerprint density at radius 3 is 1.32 bits per heavy atom. The molecule has 0 bridgehead atoms. The summed E-state index contributed by atoms with van der Waals surface area (Å²) in [5.74, 6) is 0. The number of hydrogen-bond acceptors (Lipinski definition) is 1. The zero-order valence-electron chi connectivity index (χ0n) is 16.0. The van der Waals surface area contributed by atoms with E-state index in [1.54, 1.807) is 0 Å². The number of allylic oxidation sites excluding steroid dienone is 2. The Morgan fingerprint density at radius 1 is 0.680 bits per heavy atom. The fourth-order valence-electron chi connectivity index (χ4n) is 3.40. The van der Waals surface area contributed by atoms with E-state index < -0.39 is 16.6 Å². The Kier molecular flexibility index (Phi) is 6.38. The lowest BCUT2D eigenvalue weighted by molar-refractivity contribution is 0.550. The van der Waals surface area contributed by atoms with Gasteiger partial charge in [0.05, 0.1) is 0 Å². The zero-order chi connectivity index (χ0) is 18.5. The van der Waals surface area contributed by atoms with Gasteiger partial charge in [0.25, 0.3) is 0 Å². The molecule has 132 valence electrons. The van der Waals surface area contributed by atoms with Crippen molar-refractivity contribution in [3.05, 3.63) is 84.9 Å². The van der Waals surface area contributed by atoms with E-state index in [-0.39, 0.29) is 0 Å². The molecule has 0 aliphatic rings. The molecule has 25 heavy (non-hydrogen) atoms. The van der Waals surface area contributed by atoms with E-state index in [0.717, 1.165) is 12.1 Å². The van der Waals surface area contributed by atoms with Gasteiger partial charge in [-0.2, -0.15) is 0 Å². The molecule has 0 amide bonds. The summed E-state index contributed by atoms with van der Waals surface area (Å²) < 4.78 is 6.77. The smallest absolute Gasteiger partial charge is 0.177 e. The van der Waals surface area contributed by atoms with Gasteiger partial charge in [-0.1, -0.05) is 73.8 Å². The van der Waals surface area contributed by atoms with Crippen LogP contribution in [0.2, 0.25) is 38.3 Å². The Balaban J connectivity index is 2.00. The second kappa shape index (κ2) is 8.13. The summed E-state index contributed by atoms with van der Waals surface area (Å²) in [5, 5.41) is 0. The lowest BCUT2D eigenvalue weighted by Gasteiger charge is -2.35. The van der Waals surface area contributed by atoms with Crippen molar-refractivity contribution in [2.75, 3.05) is 0 Å². The molecule has 0 aliphatic heterocycles. The fourth-order valence-corrected chi connectivity index (χ4v) is 12.4. The van der Waals surface area contributed by atoms with E-state index >= 15 is 0 Å². The summed E-state index contributed by atoms with van der Waals surface area (Å²) >= 11 is 0. The minimum Gasteiger partial charge on any atom is -0.455 e. The first-order valence-corrected chi connectivity index (χ1v) is 15.1. The summed E-state index contributed by atoms with van der Waals surface area (Å²) in [6.45, 7) is 17.8. The Bertz CT molecular complexity index is 655. The van der Waals surface area contributed by atoms with Crippen LogP contribution in [0, 0.1) is 0 Å². The average Bonchev–Trinajstić information content (AvgIpc) is 2.54. The highest BCUT2D eigenvalue weighted by Gasteiger charge is 2.34. The Morgan fingerprint density at radius 2 is 1.00 bits per heavy atom. The molecule has 1 nitrogen and oxygen atoms in total. The maximum Gasteiger partial charge on any atom is 0.177 e. The van der Waals surface area contributed by atoms with Crippen LogP contribution in [0.15, 0.2) is 73.8 Å². The normalized spacial score (nSPS) is 12.0. The van der Waals surface area contributed by atoms with Crippen LogP contribution in [0.5, 0.6) is 0 Å². The van der Waals surface area contributed by atoms with Crippen molar-refractivity contribution in [2.24, 2.45) is 0 Å². The van der Waals surface area contributed by atoms with Crippen LogP contribution in [0.3, 0.4) is 0 Å². The molecule has 0 aliphatic carbocycles. The van der Waals surface area contributed by atoms with Gasteiger partial charge in [-0.05, 0) is 60.5 Å². The Labute approximate surface area is 155 Å². The van der Waals surface area contributed by atoms with Crippen molar-refractivity contribution in [2.45, 2.75) is 38.3 Å². The van der Waals surface area contributed by atoms with Crippen LogP contribution in [-0.4, -0.2) is 16.6 Å². The molecule has 0 heterocycles. The first kappa shape index (κ1) is 19.6. The van der Waals surface area contributed by atoms with Crippen molar-refractivity contribution in [1.29, 1.82) is 0 Å². The second-order valence-electron chi connectivity index (χ2n) is 7.91. The molecular formula is C22H30OSi2. The van der Waals surface area contributed by atoms with Gasteiger partial charge in [0.15, 0.2) is 16.6 Å². The number of benzene rings is 2. The summed E-state index contributed by atoms with van der Waals surface area (Å²) in [6.07, 6.45) is 0. The molecule has 0 spiro atoms. The quantitative estimate of drug-likeness (QED) is 0.465. The van der Waals surface area contributed by atoms with Gasteiger partial charge in [-0.15, -0.1) is 0 Å². The van der Waals surface area contributed by atoms with Crippen molar-refractivity contribution in [3.8, 4) is 0 Å². The van der Waals surface area contributed by atoms with Crippen molar-refractivity contribution < 1.29 is 4.12 Å². The van der Waals surface area contributed by atoms with Gasteiger partial charge in [0.1, 0.15) is 0 Å². The largest absolute Gasteiger partial charge is 0.455 e. The fraction of sp³-hybridized carbons (Fsp3) is 0.273. The van der Waals surface area contributed by atoms with E-state index in [2.05, 4.69) is 87.9 Å². The number of rotatable bonds is 8. The molecule has 0 saturated heterocycles. The molecule has 3 heteroatoms. The minimum absolute atomic E-state index is 0.964. The lowest BCUT2D eigenvalue weighted by atomic mass is 10.1. The van der Waals surface area contributed by atoms with Crippen LogP contribution >= 0.6 is 0 Å². The van der Waals surface area contributed by atoms with Crippen LogP contribution in [0.1, 0.15) is 11.1 Å². The molecule has 0 saturated carbocycles. The summed E-state index contributed by atoms with van der Waals surface area (Å²) in [5.41, 5.74) is 4.81. The highest BCUT2D eigenvalue weighted by Crippen LogP contribution is 2.31. The van der Waals surface area contributed by atoms with E-state index in [9.17, 15) is 0 Å². The molecular weight excluding hydrogens is 336 g/mol. The molecule has 0 radical (unpaired) electrons. The summed E-state index contributed by atoms with van der Waals surface area (Å²) in [6, 6.07) is 22.8. The maximum atomic E-state index is 6.77. The highest BCUT2D eigenvalue weighted by atomic mass is 28.4. The summed E-state index contributed by atoms with van der Waals surface area (Å²) in [4.78, 5) is 0. The molecule has 0 atom stereocenters. The van der Waals surface area contributed by atoms with Crippen molar-refractivity contribution in [3.63, 3.8) is 0 Å². The number of hydrogen-bond donors (Lipinski definition) is 0. The third-order valence-corrected chi connectivity index (χ3v) is 11.2. The van der Waals surface area contributed by atoms with E-state index in [1.165, 1.54) is 22.3 Å². The van der Waals surface area contributed by atoms with Crippen LogP contribution < -0.4 is 0 Å². The molecule has 2 aromatic rings. The third-order valence-electron chi connectivity index (χ3n) is 4.19. The monoisotopic (exact) mass is 366 g/mol. The van der Waals surface area contributed by atoms with Crippen LogP contribution in [0.4, 0.5) is 0 Å². The maximum absolute atomic E-state index is 6.77. The lowest BCUT2D eigenvalue weighted by Crippen LogP contribution is -2.44. The molecule has 0 N–H and O–H groups in total. The molecule has 0 aromatic heterocycles. The zero-order valence-corrected chi connectivity index (χ0v) is 18.0. The molecule has 2 aromatic carbocycles. The first-order chi connectivity index (χ1) is 11.7. The Hall–Kier alpha value is -1.69. The molecule has 0 unspecified atom stereocenters. The topological polar surface area (TPSA) is 9.23 Å². The van der Waals surface area contributed by atoms with E-state index in [0.29, 0.717) is 0 Å². The van der Waals surface area contributed by atoms with Gasteiger partial charge in [0, 0.05) is 0 Å². The standard InChI is InChI=1S/C22H30OSi2/c1-19(21-13-9-7-10-14-21)17-24(3,4)23-25(5,6)18-20(2)22-15-11-8-12-16-22/h7-16H,1-2,17-18H2,3-6H3. The van der Waals surface area contributed by atoms with Gasteiger partial charge in [-0.25, -0.2) is 0 Å². The predicted molar refractivity (Wildman–Crippen MR) is 117 cm³/mol. The predicted octanol–water partition coefficient (Wildman–Crippen LogP) is 6.84. The summed E-state index contributed by atoms with van der Waals surface area (Å²) in [7, 11) is -3.66. The van der Waals surface area contributed by atoms with E-state index in [1.807, 2.05) is 12.1 Å². The average molecular weight is 367 g/mol. The molecule has 2 rings (SSSR count). The van der Waals surface area contributed by atoms with Gasteiger partial charge >= 0.3 is 0 Å². The van der Waals surface area contributed by atoms with E-state index in [4.69, 9.17) is 4.12 Å². The van der Waals surface area contributed by atoms with Crippen molar-refractivity contribution >= 4 is 27.8 Å². The van der Waals surface area contributed by atoms with Gasteiger partial charge in [0.2, 0.25) is 0 Å². The van der Waals surface area contributed by atoms with Crippen LogP contribution in [0.25, 0.3) is 11.1 Å². The third kappa shape index (κ3) is 6.27. The highest BCUT2D eigenvalue weighted by molar-refractivity contribution is 6.86. The second-order valence-corrected chi connectivity index (χ2v) is 16.5. The minimum atomic E-state index is -1.83. The molecule has 0 fully saturated rings. The van der Waals surface area contributed by atoms with Gasteiger partial charge in [-0.3, -0.25) is 0 Å². The first-order valence-electron chi connectivity index (χ1n) is 8.85. The van der Waals surface area contributed by atoms with Crippen molar-refractivity contribution in [1.82, 2.24) is 0 Å². The SMILES string of the molecule is C=C(C[Si](C)(C)O[Si](C)(C)CC(=C)c1ccccc1)c1ccccc1.